The van der Waals surface area contributed by atoms with Gasteiger partial charge in [0.15, 0.2) is 0 Å². The number of hydrogen-bond acceptors (Lipinski definition) is 1. The molecule has 1 aromatic carbocycles. The van der Waals surface area contributed by atoms with E-state index in [2.05, 4.69) is 22.6 Å². The van der Waals surface area contributed by atoms with E-state index < -0.39 is 6.10 Å². The lowest BCUT2D eigenvalue weighted by Gasteiger charge is -2.11. The predicted octanol–water partition coefficient (Wildman–Crippen LogP) is 2.87. The maximum Gasteiger partial charge on any atom is 0.124 e. The third-order valence-corrected chi connectivity index (χ3v) is 3.28. The van der Waals surface area contributed by atoms with E-state index in [1.54, 1.807) is 6.07 Å². The van der Waals surface area contributed by atoms with Crippen LogP contribution in [0.2, 0.25) is 0 Å². The monoisotopic (exact) mass is 292 g/mol. The van der Waals surface area contributed by atoms with Gasteiger partial charge in [-0.05, 0) is 59.0 Å². The summed E-state index contributed by atoms with van der Waals surface area (Å²) in [6.45, 7) is 0. The Bertz CT molecular complexity index is 323. The molecule has 0 aromatic heterocycles. The van der Waals surface area contributed by atoms with Crippen LogP contribution in [0, 0.1) is 15.3 Å². The Morgan fingerprint density at radius 3 is 2.69 bits per heavy atom. The van der Waals surface area contributed by atoms with Crippen LogP contribution >= 0.6 is 22.6 Å². The van der Waals surface area contributed by atoms with Gasteiger partial charge in [0.25, 0.3) is 0 Å². The summed E-state index contributed by atoms with van der Waals surface area (Å²) in [5.41, 5.74) is 0.865. The van der Waals surface area contributed by atoms with Crippen LogP contribution in [0.5, 0.6) is 0 Å². The maximum absolute atomic E-state index is 12.7. The first-order valence-electron chi connectivity index (χ1n) is 4.31. The minimum Gasteiger partial charge on any atom is -0.388 e. The van der Waals surface area contributed by atoms with Crippen LogP contribution in [0.3, 0.4) is 0 Å². The highest BCUT2D eigenvalue weighted by atomic mass is 127. The van der Waals surface area contributed by atoms with Gasteiger partial charge in [0.2, 0.25) is 0 Å². The van der Waals surface area contributed by atoms with Crippen molar-refractivity contribution in [3.8, 4) is 0 Å². The summed E-state index contributed by atoms with van der Waals surface area (Å²) in [6, 6.07) is 4.55. The molecule has 1 aliphatic carbocycles. The first-order chi connectivity index (χ1) is 6.18. The molecule has 0 spiro atoms. The minimum absolute atomic E-state index is 0.240. The van der Waals surface area contributed by atoms with E-state index in [-0.39, 0.29) is 5.82 Å². The third kappa shape index (κ3) is 2.02. The van der Waals surface area contributed by atoms with E-state index in [4.69, 9.17) is 0 Å². The fourth-order valence-corrected chi connectivity index (χ4v) is 2.20. The number of benzene rings is 1. The van der Waals surface area contributed by atoms with E-state index in [0.717, 1.165) is 22.0 Å². The van der Waals surface area contributed by atoms with Crippen molar-refractivity contribution in [1.29, 1.82) is 0 Å². The average molecular weight is 292 g/mol. The Morgan fingerprint density at radius 1 is 1.46 bits per heavy atom. The molecule has 1 fully saturated rings. The van der Waals surface area contributed by atoms with Gasteiger partial charge in [-0.15, -0.1) is 0 Å². The Kier molecular flexibility index (Phi) is 2.55. The fourth-order valence-electron chi connectivity index (χ4n) is 1.41. The van der Waals surface area contributed by atoms with Crippen molar-refractivity contribution in [2.75, 3.05) is 0 Å². The molecule has 13 heavy (non-hydrogen) atoms. The molecule has 3 heteroatoms. The van der Waals surface area contributed by atoms with Crippen molar-refractivity contribution in [1.82, 2.24) is 0 Å². The SMILES string of the molecule is OC(c1ccc(F)cc1I)C1CC1. The molecule has 0 heterocycles. The molecule has 0 bridgehead atoms. The Hall–Kier alpha value is -0.160. The predicted molar refractivity (Wildman–Crippen MR) is 56.8 cm³/mol. The second-order valence-corrected chi connectivity index (χ2v) is 4.61. The fraction of sp³-hybridized carbons (Fsp3) is 0.400. The zero-order chi connectivity index (χ0) is 9.42. The van der Waals surface area contributed by atoms with Crippen molar-refractivity contribution < 1.29 is 9.50 Å². The van der Waals surface area contributed by atoms with Crippen LogP contribution in [0.25, 0.3) is 0 Å². The molecule has 1 unspecified atom stereocenters. The van der Waals surface area contributed by atoms with Crippen molar-refractivity contribution in [3.05, 3.63) is 33.1 Å². The lowest BCUT2D eigenvalue weighted by atomic mass is 10.1. The minimum atomic E-state index is -0.396. The molecule has 70 valence electrons. The standard InChI is InChI=1S/C10H10FIO/c11-7-3-4-8(9(12)5-7)10(13)6-1-2-6/h3-6,10,13H,1-2H2. The molecule has 0 amide bonds. The summed E-state index contributed by atoms with van der Waals surface area (Å²) in [4.78, 5) is 0. The molecular formula is C10H10FIO. The van der Waals surface area contributed by atoms with Crippen molar-refractivity contribution >= 4 is 22.6 Å². The van der Waals surface area contributed by atoms with Crippen LogP contribution in [-0.4, -0.2) is 5.11 Å². The topological polar surface area (TPSA) is 20.2 Å². The zero-order valence-corrected chi connectivity index (χ0v) is 9.16. The first kappa shape index (κ1) is 9.40. The van der Waals surface area contributed by atoms with Crippen LogP contribution in [0.15, 0.2) is 18.2 Å². The van der Waals surface area contributed by atoms with E-state index in [1.165, 1.54) is 12.1 Å². The molecule has 0 saturated heterocycles. The number of rotatable bonds is 2. The molecular weight excluding hydrogens is 282 g/mol. The molecule has 2 rings (SSSR count). The Labute approximate surface area is 90.1 Å². The molecule has 1 N–H and O–H groups in total. The quantitative estimate of drug-likeness (QED) is 0.831. The van der Waals surface area contributed by atoms with Crippen molar-refractivity contribution in [2.45, 2.75) is 18.9 Å². The highest BCUT2D eigenvalue weighted by Gasteiger charge is 2.31. The molecule has 0 radical (unpaired) electrons. The molecule has 1 saturated carbocycles. The van der Waals surface area contributed by atoms with Crippen molar-refractivity contribution in [2.24, 2.45) is 5.92 Å². The summed E-state index contributed by atoms with van der Waals surface area (Å²) < 4.78 is 13.6. The van der Waals surface area contributed by atoms with E-state index in [1.807, 2.05) is 0 Å². The number of hydrogen-bond donors (Lipinski definition) is 1. The maximum atomic E-state index is 12.7. The van der Waals surface area contributed by atoms with Gasteiger partial charge in [0, 0.05) is 3.57 Å². The molecule has 0 aliphatic heterocycles. The summed E-state index contributed by atoms with van der Waals surface area (Å²) in [7, 11) is 0. The van der Waals surface area contributed by atoms with Gasteiger partial charge in [0.05, 0.1) is 6.10 Å². The summed E-state index contributed by atoms with van der Waals surface area (Å²) in [6.07, 6.45) is 1.79. The van der Waals surface area contributed by atoms with E-state index >= 15 is 0 Å². The van der Waals surface area contributed by atoms with Crippen LogP contribution in [-0.2, 0) is 0 Å². The largest absolute Gasteiger partial charge is 0.388 e. The molecule has 1 aromatic rings. The third-order valence-electron chi connectivity index (χ3n) is 2.35. The van der Waals surface area contributed by atoms with E-state index in [9.17, 15) is 9.50 Å². The van der Waals surface area contributed by atoms with Crippen LogP contribution in [0.1, 0.15) is 24.5 Å². The van der Waals surface area contributed by atoms with Gasteiger partial charge in [-0.2, -0.15) is 0 Å². The lowest BCUT2D eigenvalue weighted by molar-refractivity contribution is 0.153. The van der Waals surface area contributed by atoms with Crippen LogP contribution in [0.4, 0.5) is 4.39 Å². The molecule has 1 nitrogen and oxygen atoms in total. The normalized spacial score (nSPS) is 18.7. The number of aliphatic hydroxyl groups is 1. The second kappa shape index (κ2) is 3.53. The summed E-state index contributed by atoms with van der Waals surface area (Å²) >= 11 is 2.06. The Morgan fingerprint density at radius 2 is 2.15 bits per heavy atom. The van der Waals surface area contributed by atoms with Gasteiger partial charge in [0.1, 0.15) is 5.82 Å². The van der Waals surface area contributed by atoms with Gasteiger partial charge in [-0.1, -0.05) is 6.07 Å². The zero-order valence-electron chi connectivity index (χ0n) is 7.00. The van der Waals surface area contributed by atoms with Gasteiger partial charge < -0.3 is 5.11 Å². The van der Waals surface area contributed by atoms with Gasteiger partial charge in [-0.25, -0.2) is 4.39 Å². The molecule has 1 atom stereocenters. The highest BCUT2D eigenvalue weighted by molar-refractivity contribution is 14.1. The lowest BCUT2D eigenvalue weighted by Crippen LogP contribution is -2.02. The number of aliphatic hydroxyl groups excluding tert-OH is 1. The highest BCUT2D eigenvalue weighted by Crippen LogP contribution is 2.41. The first-order valence-corrected chi connectivity index (χ1v) is 5.39. The van der Waals surface area contributed by atoms with Gasteiger partial charge in [-0.3, -0.25) is 0 Å². The Balaban J connectivity index is 2.28. The van der Waals surface area contributed by atoms with Crippen molar-refractivity contribution in [3.63, 3.8) is 0 Å². The number of halogens is 2. The average Bonchev–Trinajstić information content (AvgIpc) is 2.85. The summed E-state index contributed by atoms with van der Waals surface area (Å²) in [5.74, 6) is 0.162. The second-order valence-electron chi connectivity index (χ2n) is 3.45. The summed E-state index contributed by atoms with van der Waals surface area (Å²) in [5, 5.41) is 9.80. The van der Waals surface area contributed by atoms with Crippen LogP contribution < -0.4 is 0 Å². The molecule has 1 aliphatic rings. The smallest absolute Gasteiger partial charge is 0.124 e. The van der Waals surface area contributed by atoms with Gasteiger partial charge >= 0.3 is 0 Å². The van der Waals surface area contributed by atoms with E-state index in [0.29, 0.717) is 5.92 Å².